The Morgan fingerprint density at radius 1 is 0.812 bits per heavy atom. The zero-order valence-corrected chi connectivity index (χ0v) is 18.8. The van der Waals surface area contributed by atoms with Gasteiger partial charge in [-0.25, -0.2) is 14.4 Å². The molecule has 0 fully saturated rings. The van der Waals surface area contributed by atoms with E-state index in [4.69, 9.17) is 25.5 Å². The van der Waals surface area contributed by atoms with Gasteiger partial charge in [0.25, 0.3) is 0 Å². The number of aromatic carboxylic acids is 1. The fourth-order valence-corrected chi connectivity index (χ4v) is 2.36. The Labute approximate surface area is 188 Å². The van der Waals surface area contributed by atoms with Crippen LogP contribution >= 0.6 is 0 Å². The SMILES string of the molecule is CCCCCCC(=O)C(=O)O.CCCCCCC(O)C(=O)O.O=C(O)c1ccccc1O. The lowest BCUT2D eigenvalue weighted by atomic mass is 10.1. The number of benzene rings is 1. The summed E-state index contributed by atoms with van der Waals surface area (Å²) >= 11 is 0. The third kappa shape index (κ3) is 17.9. The average Bonchev–Trinajstić information content (AvgIpc) is 2.75. The van der Waals surface area contributed by atoms with Gasteiger partial charge in [0.1, 0.15) is 11.3 Å². The first-order valence-corrected chi connectivity index (χ1v) is 10.8. The minimum atomic E-state index is -1.30. The molecule has 9 nitrogen and oxygen atoms in total. The van der Waals surface area contributed by atoms with Crippen LogP contribution in [0.5, 0.6) is 5.75 Å². The number of aliphatic hydroxyl groups excluding tert-OH is 1. The quantitative estimate of drug-likeness (QED) is 0.216. The Morgan fingerprint density at radius 2 is 1.34 bits per heavy atom. The van der Waals surface area contributed by atoms with Crippen LogP contribution in [0.1, 0.15) is 88.4 Å². The fraction of sp³-hybridized carbons (Fsp3) is 0.565. The number of phenols is 1. The summed E-state index contributed by atoms with van der Waals surface area (Å²) in [5.41, 5.74) is -0.0671. The number of carbonyl (C=O) groups is 4. The number of Topliss-reactive ketones (excluding diaryl/α,β-unsaturated/α-hetero) is 1. The molecular formula is C23H36O9. The molecule has 1 atom stereocenters. The highest BCUT2D eigenvalue weighted by Gasteiger charge is 2.11. The molecule has 0 aromatic heterocycles. The van der Waals surface area contributed by atoms with Gasteiger partial charge in [0.05, 0.1) is 0 Å². The second-order valence-electron chi connectivity index (χ2n) is 7.06. The first-order valence-electron chi connectivity index (χ1n) is 10.8. The fourth-order valence-electron chi connectivity index (χ4n) is 2.36. The number of rotatable bonds is 13. The van der Waals surface area contributed by atoms with Crippen molar-refractivity contribution in [2.45, 2.75) is 84.2 Å². The van der Waals surface area contributed by atoms with E-state index in [2.05, 4.69) is 13.8 Å². The number of unbranched alkanes of at least 4 members (excludes halogenated alkanes) is 6. The van der Waals surface area contributed by atoms with Gasteiger partial charge in [-0.2, -0.15) is 0 Å². The maximum Gasteiger partial charge on any atom is 0.372 e. The van der Waals surface area contributed by atoms with Crippen LogP contribution in [0.25, 0.3) is 0 Å². The monoisotopic (exact) mass is 456 g/mol. The topological polar surface area (TPSA) is 169 Å². The van der Waals surface area contributed by atoms with E-state index in [0.29, 0.717) is 12.8 Å². The first-order chi connectivity index (χ1) is 15.1. The number of hydrogen-bond acceptors (Lipinski definition) is 6. The Morgan fingerprint density at radius 3 is 1.75 bits per heavy atom. The number of ketones is 1. The molecule has 0 saturated heterocycles. The largest absolute Gasteiger partial charge is 0.507 e. The van der Waals surface area contributed by atoms with E-state index in [1.165, 1.54) is 12.1 Å². The maximum atomic E-state index is 10.5. The summed E-state index contributed by atoms with van der Waals surface area (Å²) < 4.78 is 0. The van der Waals surface area contributed by atoms with Crippen molar-refractivity contribution in [3.8, 4) is 5.75 Å². The van der Waals surface area contributed by atoms with Crippen LogP contribution in [0.15, 0.2) is 24.3 Å². The van der Waals surface area contributed by atoms with Crippen molar-refractivity contribution in [1.29, 1.82) is 0 Å². The van der Waals surface area contributed by atoms with Gasteiger partial charge in [0, 0.05) is 6.42 Å². The number of para-hydroxylation sites is 1. The summed E-state index contributed by atoms with van der Waals surface area (Å²) in [7, 11) is 0. The predicted molar refractivity (Wildman–Crippen MR) is 119 cm³/mol. The number of carbonyl (C=O) groups excluding carboxylic acids is 1. The van der Waals surface area contributed by atoms with Gasteiger partial charge in [-0.05, 0) is 25.0 Å². The van der Waals surface area contributed by atoms with Crippen molar-refractivity contribution in [3.05, 3.63) is 29.8 Å². The van der Waals surface area contributed by atoms with Crippen LogP contribution in [-0.4, -0.2) is 55.3 Å². The number of hydrogen-bond donors (Lipinski definition) is 5. The second kappa shape index (κ2) is 20.0. The molecule has 5 N–H and O–H groups in total. The molecule has 0 spiro atoms. The normalized spacial score (nSPS) is 10.6. The van der Waals surface area contributed by atoms with Gasteiger partial charge in [0.2, 0.25) is 5.78 Å². The van der Waals surface area contributed by atoms with Crippen LogP contribution in [0.4, 0.5) is 0 Å². The summed E-state index contributed by atoms with van der Waals surface area (Å²) in [4.78, 5) is 40.9. The van der Waals surface area contributed by atoms with Crippen molar-refractivity contribution >= 4 is 23.7 Å². The molecule has 182 valence electrons. The van der Waals surface area contributed by atoms with Crippen molar-refractivity contribution in [2.24, 2.45) is 0 Å². The molecular weight excluding hydrogens is 420 g/mol. The minimum absolute atomic E-state index is 0.0671. The van der Waals surface area contributed by atoms with E-state index >= 15 is 0 Å². The summed E-state index contributed by atoms with van der Waals surface area (Å²) in [5.74, 6) is -4.39. The molecule has 0 radical (unpaired) electrons. The minimum Gasteiger partial charge on any atom is -0.507 e. The lowest BCUT2D eigenvalue weighted by molar-refractivity contribution is -0.149. The molecule has 1 aromatic carbocycles. The third-order valence-electron chi connectivity index (χ3n) is 4.25. The second-order valence-corrected chi connectivity index (χ2v) is 7.06. The first kappa shape index (κ1) is 31.2. The zero-order valence-electron chi connectivity index (χ0n) is 18.8. The van der Waals surface area contributed by atoms with Crippen molar-refractivity contribution in [1.82, 2.24) is 0 Å². The molecule has 32 heavy (non-hydrogen) atoms. The molecule has 0 aliphatic carbocycles. The predicted octanol–water partition coefficient (Wildman–Crippen LogP) is 4.10. The third-order valence-corrected chi connectivity index (χ3v) is 4.25. The van der Waals surface area contributed by atoms with Gasteiger partial charge >= 0.3 is 17.9 Å². The van der Waals surface area contributed by atoms with E-state index in [1.54, 1.807) is 12.1 Å². The average molecular weight is 457 g/mol. The van der Waals surface area contributed by atoms with Crippen molar-refractivity contribution < 1.29 is 44.7 Å². The van der Waals surface area contributed by atoms with Gasteiger partial charge in [-0.3, -0.25) is 4.79 Å². The van der Waals surface area contributed by atoms with Gasteiger partial charge in [-0.15, -0.1) is 0 Å². The highest BCUT2D eigenvalue weighted by atomic mass is 16.4. The van der Waals surface area contributed by atoms with Crippen LogP contribution < -0.4 is 0 Å². The molecule has 1 unspecified atom stereocenters. The molecule has 0 heterocycles. The summed E-state index contributed by atoms with van der Waals surface area (Å²) in [6.45, 7) is 4.16. The van der Waals surface area contributed by atoms with Gasteiger partial charge in [0.15, 0.2) is 6.10 Å². The van der Waals surface area contributed by atoms with E-state index in [-0.39, 0.29) is 17.7 Å². The summed E-state index contributed by atoms with van der Waals surface area (Å²) in [5, 5.41) is 42.6. The Hall–Kier alpha value is -2.94. The van der Waals surface area contributed by atoms with Crippen LogP contribution in [0.3, 0.4) is 0 Å². The number of aliphatic carboxylic acids is 2. The highest BCUT2D eigenvalue weighted by molar-refractivity contribution is 6.32. The smallest absolute Gasteiger partial charge is 0.372 e. The van der Waals surface area contributed by atoms with Crippen LogP contribution in [0, 0.1) is 0 Å². The van der Waals surface area contributed by atoms with Crippen molar-refractivity contribution in [3.63, 3.8) is 0 Å². The standard InChI is InChI=1S/C8H16O3.C8H14O3.C7H6O3/c2*1-2-3-4-5-6-7(9)8(10)11;8-6-4-2-1-3-5(6)7(9)10/h7,9H,2-6H2,1H3,(H,10,11);2-6H2,1H3,(H,10,11);1-4,8H,(H,9,10). The number of aliphatic hydroxyl groups is 1. The molecule has 0 amide bonds. The maximum absolute atomic E-state index is 10.5. The summed E-state index contributed by atoms with van der Waals surface area (Å²) in [6, 6.07) is 5.81. The van der Waals surface area contributed by atoms with E-state index < -0.39 is 29.8 Å². The van der Waals surface area contributed by atoms with Crippen LogP contribution in [-0.2, 0) is 14.4 Å². The molecule has 0 saturated carbocycles. The summed E-state index contributed by atoms with van der Waals surface area (Å²) in [6.07, 6.45) is 7.32. The lowest BCUT2D eigenvalue weighted by Gasteiger charge is -2.03. The zero-order chi connectivity index (χ0) is 24.9. The van der Waals surface area contributed by atoms with E-state index in [1.807, 2.05) is 0 Å². The molecule has 0 aliphatic heterocycles. The Kier molecular flexibility index (Phi) is 19.5. The van der Waals surface area contributed by atoms with E-state index in [0.717, 1.165) is 44.9 Å². The molecule has 0 bridgehead atoms. The number of carboxylic acids is 3. The van der Waals surface area contributed by atoms with Gasteiger partial charge in [-0.1, -0.05) is 70.9 Å². The van der Waals surface area contributed by atoms with Crippen LogP contribution in [0.2, 0.25) is 0 Å². The number of aromatic hydroxyl groups is 1. The lowest BCUT2D eigenvalue weighted by Crippen LogP contribution is -2.18. The highest BCUT2D eigenvalue weighted by Crippen LogP contribution is 2.14. The Balaban J connectivity index is 0. The molecule has 0 aliphatic rings. The molecule has 1 aromatic rings. The van der Waals surface area contributed by atoms with Crippen molar-refractivity contribution in [2.75, 3.05) is 0 Å². The van der Waals surface area contributed by atoms with E-state index in [9.17, 15) is 19.2 Å². The molecule has 9 heteroatoms. The molecule has 1 rings (SSSR count). The number of carboxylic acid groups (broad SMARTS) is 3. The Bertz CT molecular complexity index is 686. The van der Waals surface area contributed by atoms with Gasteiger partial charge < -0.3 is 25.5 Å².